The molecule has 0 aromatic carbocycles. The fourth-order valence-electron chi connectivity index (χ4n) is 3.21. The maximum absolute atomic E-state index is 5.95. The van der Waals surface area contributed by atoms with E-state index >= 15 is 0 Å². The molecule has 0 aliphatic carbocycles. The normalized spacial score (nSPS) is 36.0. The second-order valence-electron chi connectivity index (χ2n) is 5.12. The van der Waals surface area contributed by atoms with Gasteiger partial charge >= 0.3 is 0 Å². The van der Waals surface area contributed by atoms with Crippen LogP contribution in [0.3, 0.4) is 0 Å². The summed E-state index contributed by atoms with van der Waals surface area (Å²) in [6, 6.07) is 0.713. The summed E-state index contributed by atoms with van der Waals surface area (Å²) in [5.74, 6) is 0.801. The molecule has 2 heterocycles. The average molecular weight is 211 g/mol. The summed E-state index contributed by atoms with van der Waals surface area (Å²) in [5, 5.41) is 3.72. The summed E-state index contributed by atoms with van der Waals surface area (Å²) in [7, 11) is 0. The third-order valence-electron chi connectivity index (χ3n) is 3.93. The molecule has 0 aromatic heterocycles. The van der Waals surface area contributed by atoms with Gasteiger partial charge in [0.15, 0.2) is 0 Å². The van der Waals surface area contributed by atoms with Crippen molar-refractivity contribution in [3.05, 3.63) is 0 Å². The van der Waals surface area contributed by atoms with Gasteiger partial charge in [-0.3, -0.25) is 0 Å². The third-order valence-corrected chi connectivity index (χ3v) is 3.93. The molecule has 2 fully saturated rings. The van der Waals surface area contributed by atoms with Crippen LogP contribution in [0.5, 0.6) is 0 Å². The van der Waals surface area contributed by atoms with E-state index in [1.807, 2.05) is 0 Å². The third kappa shape index (κ3) is 2.54. The van der Waals surface area contributed by atoms with Crippen molar-refractivity contribution in [1.29, 1.82) is 0 Å². The minimum absolute atomic E-state index is 0.580. The summed E-state index contributed by atoms with van der Waals surface area (Å²) in [6.45, 7) is 5.69. The monoisotopic (exact) mass is 211 g/mol. The summed E-state index contributed by atoms with van der Waals surface area (Å²) < 4.78 is 5.95. The number of ether oxygens (including phenoxy) is 1. The van der Waals surface area contributed by atoms with Gasteiger partial charge in [-0.05, 0) is 38.6 Å². The molecule has 2 aliphatic rings. The van der Waals surface area contributed by atoms with E-state index in [4.69, 9.17) is 4.74 Å². The Morgan fingerprint density at radius 3 is 2.67 bits per heavy atom. The van der Waals surface area contributed by atoms with Crippen LogP contribution in [0.25, 0.3) is 0 Å². The highest BCUT2D eigenvalue weighted by molar-refractivity contribution is 4.95. The van der Waals surface area contributed by atoms with Crippen molar-refractivity contribution in [2.75, 3.05) is 6.54 Å². The van der Waals surface area contributed by atoms with E-state index in [9.17, 15) is 0 Å². The molecular weight excluding hydrogens is 186 g/mol. The van der Waals surface area contributed by atoms with E-state index in [2.05, 4.69) is 19.2 Å². The van der Waals surface area contributed by atoms with Gasteiger partial charge in [-0.15, -0.1) is 0 Å². The Bertz CT molecular complexity index is 195. The zero-order valence-electron chi connectivity index (χ0n) is 10.2. The molecule has 15 heavy (non-hydrogen) atoms. The molecule has 0 radical (unpaired) electrons. The number of hydrogen-bond acceptors (Lipinski definition) is 2. The van der Waals surface area contributed by atoms with E-state index in [1.165, 1.54) is 45.1 Å². The Hall–Kier alpha value is -0.0800. The van der Waals surface area contributed by atoms with E-state index in [1.54, 1.807) is 0 Å². The lowest BCUT2D eigenvalue weighted by atomic mass is 9.82. The molecule has 2 nitrogen and oxygen atoms in total. The molecule has 0 amide bonds. The molecule has 2 rings (SSSR count). The number of rotatable bonds is 6. The molecule has 2 saturated heterocycles. The second kappa shape index (κ2) is 5.31. The first-order valence-electron chi connectivity index (χ1n) is 6.74. The number of hydrogen-bond donors (Lipinski definition) is 1. The Labute approximate surface area is 93.8 Å². The van der Waals surface area contributed by atoms with Gasteiger partial charge < -0.3 is 10.1 Å². The van der Waals surface area contributed by atoms with Crippen LogP contribution in [0, 0.1) is 5.92 Å². The van der Waals surface area contributed by atoms with Crippen LogP contribution in [0.1, 0.15) is 52.4 Å². The van der Waals surface area contributed by atoms with Gasteiger partial charge in [0.05, 0.1) is 12.2 Å². The van der Waals surface area contributed by atoms with Crippen LogP contribution in [-0.2, 0) is 4.74 Å². The van der Waals surface area contributed by atoms with Crippen molar-refractivity contribution in [1.82, 2.24) is 5.32 Å². The van der Waals surface area contributed by atoms with Gasteiger partial charge in [-0.1, -0.05) is 20.3 Å². The van der Waals surface area contributed by atoms with Gasteiger partial charge in [0.2, 0.25) is 0 Å². The van der Waals surface area contributed by atoms with Crippen molar-refractivity contribution in [3.63, 3.8) is 0 Å². The molecule has 4 atom stereocenters. The van der Waals surface area contributed by atoms with Crippen molar-refractivity contribution in [2.24, 2.45) is 5.92 Å². The molecule has 0 saturated carbocycles. The predicted molar refractivity (Wildman–Crippen MR) is 63.0 cm³/mol. The van der Waals surface area contributed by atoms with Gasteiger partial charge in [-0.25, -0.2) is 0 Å². The minimum atomic E-state index is 0.580. The number of fused-ring (bicyclic) bond motifs is 2. The highest BCUT2D eigenvalue weighted by Gasteiger charge is 2.43. The average Bonchev–Trinajstić information content (AvgIpc) is 2.85. The van der Waals surface area contributed by atoms with E-state index in [0.717, 1.165) is 5.92 Å². The summed E-state index contributed by atoms with van der Waals surface area (Å²) >= 11 is 0. The summed E-state index contributed by atoms with van der Waals surface area (Å²) in [4.78, 5) is 0. The maximum atomic E-state index is 5.95. The highest BCUT2D eigenvalue weighted by atomic mass is 16.5. The maximum Gasteiger partial charge on any atom is 0.0623 e. The van der Waals surface area contributed by atoms with Crippen LogP contribution in [0.2, 0.25) is 0 Å². The van der Waals surface area contributed by atoms with E-state index in [0.29, 0.717) is 18.2 Å². The molecule has 2 heteroatoms. The molecule has 88 valence electrons. The zero-order valence-corrected chi connectivity index (χ0v) is 10.2. The summed E-state index contributed by atoms with van der Waals surface area (Å²) in [5.41, 5.74) is 0. The van der Waals surface area contributed by atoms with Crippen molar-refractivity contribution in [2.45, 2.75) is 70.6 Å². The minimum Gasteiger partial charge on any atom is -0.375 e. The Balaban J connectivity index is 1.86. The fourth-order valence-corrected chi connectivity index (χ4v) is 3.21. The van der Waals surface area contributed by atoms with Crippen molar-refractivity contribution < 1.29 is 4.74 Å². The van der Waals surface area contributed by atoms with Gasteiger partial charge in [0, 0.05) is 12.0 Å². The largest absolute Gasteiger partial charge is 0.375 e. The standard InChI is InChI=1S/C13H25NO/c1-3-5-12(14-8-4-2)11-9-10-6-7-13(11)15-10/h10-14H,3-9H2,1-2H3. The SMILES string of the molecule is CCCNC(CCC)C1CC2CCC1O2. The lowest BCUT2D eigenvalue weighted by Gasteiger charge is -2.29. The lowest BCUT2D eigenvalue weighted by Crippen LogP contribution is -2.41. The molecule has 1 N–H and O–H groups in total. The Kier molecular flexibility index (Phi) is 4.04. The first kappa shape index (κ1) is 11.4. The molecule has 0 spiro atoms. The van der Waals surface area contributed by atoms with E-state index in [-0.39, 0.29) is 0 Å². The molecule has 0 aromatic rings. The van der Waals surface area contributed by atoms with Crippen molar-refractivity contribution >= 4 is 0 Å². The van der Waals surface area contributed by atoms with Crippen LogP contribution in [0.15, 0.2) is 0 Å². The van der Waals surface area contributed by atoms with Crippen LogP contribution in [0.4, 0.5) is 0 Å². The zero-order chi connectivity index (χ0) is 10.7. The fraction of sp³-hybridized carbons (Fsp3) is 1.00. The molecular formula is C13H25NO. The Morgan fingerprint density at radius 1 is 1.27 bits per heavy atom. The van der Waals surface area contributed by atoms with Crippen LogP contribution < -0.4 is 5.32 Å². The topological polar surface area (TPSA) is 21.3 Å². The first-order valence-corrected chi connectivity index (χ1v) is 6.74. The summed E-state index contributed by atoms with van der Waals surface area (Å²) in [6.07, 6.45) is 8.95. The lowest BCUT2D eigenvalue weighted by molar-refractivity contribution is 0.0849. The van der Waals surface area contributed by atoms with Gasteiger partial charge in [0.1, 0.15) is 0 Å². The first-order chi connectivity index (χ1) is 7.35. The molecule has 4 unspecified atom stereocenters. The highest BCUT2D eigenvalue weighted by Crippen LogP contribution is 2.41. The van der Waals surface area contributed by atoms with Gasteiger partial charge in [-0.2, -0.15) is 0 Å². The Morgan fingerprint density at radius 2 is 2.13 bits per heavy atom. The quantitative estimate of drug-likeness (QED) is 0.729. The number of nitrogens with one attached hydrogen (secondary N) is 1. The van der Waals surface area contributed by atoms with Crippen molar-refractivity contribution in [3.8, 4) is 0 Å². The van der Waals surface area contributed by atoms with Crippen LogP contribution in [-0.4, -0.2) is 24.8 Å². The van der Waals surface area contributed by atoms with E-state index < -0.39 is 0 Å². The second-order valence-corrected chi connectivity index (χ2v) is 5.12. The van der Waals surface area contributed by atoms with Gasteiger partial charge in [0.25, 0.3) is 0 Å². The molecule has 2 bridgehead atoms. The smallest absolute Gasteiger partial charge is 0.0623 e. The van der Waals surface area contributed by atoms with Crippen LogP contribution >= 0.6 is 0 Å². The molecule has 2 aliphatic heterocycles. The predicted octanol–water partition coefficient (Wildman–Crippen LogP) is 2.72.